The molecule has 224 valence electrons. The van der Waals surface area contributed by atoms with Crippen LogP contribution in [0.1, 0.15) is 58.9 Å². The standard InChI is InChI=1S/C32H32N2O8S/c1-6-13-41-31(38)29-18(5)33-32(43-29)34-26(19-9-12-23(39-7-2)24(16-19)40-8-3)25(28(36)30(34)37)27(35)20-10-11-22-21(15-20)14-17(4)42-22/h6,9-12,15-17,26,35H,1,7-8,13-14H2,2-5H3/b27-25+/t17-,26+/m1/s1. The van der Waals surface area contributed by atoms with Crippen LogP contribution in [0.2, 0.25) is 0 Å². The predicted molar refractivity (Wildman–Crippen MR) is 161 cm³/mol. The number of hydrogen-bond acceptors (Lipinski definition) is 10. The number of esters is 1. The maximum atomic E-state index is 13.7. The smallest absolute Gasteiger partial charge is 0.350 e. The Hall–Kier alpha value is -4.64. The maximum Gasteiger partial charge on any atom is 0.350 e. The van der Waals surface area contributed by atoms with Gasteiger partial charge in [0.05, 0.1) is 30.5 Å². The molecular formula is C32H32N2O8S. The van der Waals surface area contributed by atoms with Gasteiger partial charge in [-0.3, -0.25) is 14.5 Å². The highest BCUT2D eigenvalue weighted by atomic mass is 32.1. The van der Waals surface area contributed by atoms with Crippen LogP contribution in [0, 0.1) is 6.92 Å². The van der Waals surface area contributed by atoms with Crippen molar-refractivity contribution in [2.45, 2.75) is 46.3 Å². The van der Waals surface area contributed by atoms with E-state index in [1.54, 1.807) is 43.3 Å². The van der Waals surface area contributed by atoms with Gasteiger partial charge in [0, 0.05) is 12.0 Å². The lowest BCUT2D eigenvalue weighted by atomic mass is 9.94. The minimum atomic E-state index is -1.08. The fraction of sp³-hybridized carbons (Fsp3) is 0.312. The van der Waals surface area contributed by atoms with E-state index in [2.05, 4.69) is 11.6 Å². The van der Waals surface area contributed by atoms with E-state index in [9.17, 15) is 19.5 Å². The minimum absolute atomic E-state index is 0.00695. The van der Waals surface area contributed by atoms with Gasteiger partial charge in [-0.05, 0) is 69.2 Å². The number of thiazole rings is 1. The molecule has 1 amide bonds. The molecule has 2 aliphatic rings. The van der Waals surface area contributed by atoms with Crippen molar-refractivity contribution in [2.24, 2.45) is 0 Å². The molecule has 0 saturated carbocycles. The molecular weight excluding hydrogens is 572 g/mol. The Balaban J connectivity index is 1.68. The predicted octanol–water partition coefficient (Wildman–Crippen LogP) is 5.54. The van der Waals surface area contributed by atoms with Crippen LogP contribution in [0.3, 0.4) is 0 Å². The van der Waals surface area contributed by atoms with Crippen molar-refractivity contribution in [3.8, 4) is 17.2 Å². The van der Waals surface area contributed by atoms with Gasteiger partial charge in [0.15, 0.2) is 16.6 Å². The SMILES string of the molecule is C=CCOC(=O)c1sc(N2C(=O)C(=O)/C(=C(/O)c3ccc4c(c3)C[C@@H](C)O4)[C@@H]2c2ccc(OCC)c(OCC)c2)nc1C. The summed E-state index contributed by atoms with van der Waals surface area (Å²) in [5.41, 5.74) is 1.96. The van der Waals surface area contributed by atoms with Gasteiger partial charge in [0.1, 0.15) is 29.1 Å². The van der Waals surface area contributed by atoms with E-state index in [1.807, 2.05) is 20.8 Å². The van der Waals surface area contributed by atoms with Gasteiger partial charge in [0.25, 0.3) is 5.78 Å². The molecule has 3 aromatic rings. The number of rotatable bonds is 10. The quantitative estimate of drug-likeness (QED) is 0.104. The van der Waals surface area contributed by atoms with Crippen LogP contribution in [0.5, 0.6) is 17.2 Å². The number of nitrogens with zero attached hydrogens (tertiary/aromatic N) is 2. The number of anilines is 1. The number of ether oxygens (including phenoxy) is 4. The van der Waals surface area contributed by atoms with Gasteiger partial charge in [-0.25, -0.2) is 9.78 Å². The molecule has 11 heteroatoms. The van der Waals surface area contributed by atoms with E-state index in [4.69, 9.17) is 18.9 Å². The van der Waals surface area contributed by atoms with Crippen molar-refractivity contribution < 1.29 is 38.4 Å². The van der Waals surface area contributed by atoms with E-state index in [0.29, 0.717) is 53.7 Å². The van der Waals surface area contributed by atoms with E-state index in [1.165, 1.54) is 11.0 Å². The van der Waals surface area contributed by atoms with Crippen molar-refractivity contribution in [2.75, 3.05) is 24.7 Å². The Morgan fingerprint density at radius 2 is 1.91 bits per heavy atom. The average molecular weight is 605 g/mol. The largest absolute Gasteiger partial charge is 0.507 e. The summed E-state index contributed by atoms with van der Waals surface area (Å²) in [6.07, 6.45) is 2.08. The number of amides is 1. The summed E-state index contributed by atoms with van der Waals surface area (Å²) in [5, 5.41) is 11.7. The number of aromatic nitrogens is 1. The second kappa shape index (κ2) is 12.3. The van der Waals surface area contributed by atoms with Crippen LogP contribution in [0.4, 0.5) is 5.13 Å². The van der Waals surface area contributed by atoms with Gasteiger partial charge in [-0.15, -0.1) is 0 Å². The van der Waals surface area contributed by atoms with Gasteiger partial charge >= 0.3 is 11.9 Å². The molecule has 2 atom stereocenters. The van der Waals surface area contributed by atoms with Crippen molar-refractivity contribution in [3.63, 3.8) is 0 Å². The van der Waals surface area contributed by atoms with E-state index >= 15 is 0 Å². The van der Waals surface area contributed by atoms with Gasteiger partial charge < -0.3 is 24.1 Å². The van der Waals surface area contributed by atoms with Crippen molar-refractivity contribution >= 4 is 39.9 Å². The summed E-state index contributed by atoms with van der Waals surface area (Å²) in [6.45, 7) is 11.6. The Kier molecular flexibility index (Phi) is 8.54. The second-order valence-corrected chi connectivity index (χ2v) is 11.0. The highest BCUT2D eigenvalue weighted by Gasteiger charge is 2.49. The maximum absolute atomic E-state index is 13.7. The first-order valence-electron chi connectivity index (χ1n) is 13.9. The molecule has 0 unspecified atom stereocenters. The van der Waals surface area contributed by atoms with E-state index in [-0.39, 0.29) is 34.1 Å². The molecule has 5 rings (SSSR count). The summed E-state index contributed by atoms with van der Waals surface area (Å²) in [6, 6.07) is 9.18. The lowest BCUT2D eigenvalue weighted by molar-refractivity contribution is -0.132. The summed E-state index contributed by atoms with van der Waals surface area (Å²) >= 11 is 0.928. The molecule has 43 heavy (non-hydrogen) atoms. The van der Waals surface area contributed by atoms with Crippen molar-refractivity contribution in [1.82, 2.24) is 4.98 Å². The summed E-state index contributed by atoms with van der Waals surface area (Å²) in [4.78, 5) is 46.0. The third kappa shape index (κ3) is 5.60. The molecule has 1 saturated heterocycles. The number of aliphatic hydroxyl groups is 1. The Morgan fingerprint density at radius 1 is 1.16 bits per heavy atom. The third-order valence-corrected chi connectivity index (χ3v) is 8.14. The van der Waals surface area contributed by atoms with Crippen LogP contribution < -0.4 is 19.1 Å². The van der Waals surface area contributed by atoms with Crippen LogP contribution >= 0.6 is 11.3 Å². The van der Waals surface area contributed by atoms with Gasteiger partial charge in [0.2, 0.25) is 0 Å². The van der Waals surface area contributed by atoms with Crippen LogP contribution in [-0.4, -0.2) is 53.7 Å². The molecule has 0 spiro atoms. The number of fused-ring (bicyclic) bond motifs is 1. The highest BCUT2D eigenvalue weighted by Crippen LogP contribution is 2.46. The molecule has 1 fully saturated rings. The number of benzene rings is 2. The van der Waals surface area contributed by atoms with Gasteiger partial charge in [-0.2, -0.15) is 0 Å². The molecule has 1 aromatic heterocycles. The zero-order valence-electron chi connectivity index (χ0n) is 24.3. The number of hydrogen-bond donors (Lipinski definition) is 1. The van der Waals surface area contributed by atoms with E-state index in [0.717, 1.165) is 16.9 Å². The molecule has 1 N–H and O–H groups in total. The first-order chi connectivity index (χ1) is 20.7. The number of aryl methyl sites for hydroxylation is 1. The number of carbonyl (C=O) groups excluding carboxylic acids is 3. The normalized spacial score (nSPS) is 18.7. The molecule has 0 radical (unpaired) electrons. The van der Waals surface area contributed by atoms with Crippen LogP contribution in [0.25, 0.3) is 5.76 Å². The molecule has 2 aromatic carbocycles. The number of Topliss-reactive ketones (excluding diaryl/α,β-unsaturated/α-hetero) is 1. The number of carbonyl (C=O) groups is 3. The molecule has 0 bridgehead atoms. The molecule has 2 aliphatic heterocycles. The number of ketones is 1. The van der Waals surface area contributed by atoms with Crippen LogP contribution in [0.15, 0.2) is 54.6 Å². The molecule has 10 nitrogen and oxygen atoms in total. The monoisotopic (exact) mass is 604 g/mol. The highest BCUT2D eigenvalue weighted by molar-refractivity contribution is 7.17. The molecule has 3 heterocycles. The Bertz CT molecular complexity index is 1640. The van der Waals surface area contributed by atoms with Gasteiger partial charge in [-0.1, -0.05) is 30.1 Å². The number of aliphatic hydroxyl groups excluding tert-OH is 1. The van der Waals surface area contributed by atoms with Crippen molar-refractivity contribution in [1.29, 1.82) is 0 Å². The fourth-order valence-corrected chi connectivity index (χ4v) is 6.17. The lowest BCUT2D eigenvalue weighted by Crippen LogP contribution is -2.29. The fourth-order valence-electron chi connectivity index (χ4n) is 5.18. The zero-order valence-corrected chi connectivity index (χ0v) is 25.2. The topological polar surface area (TPSA) is 124 Å². The molecule has 0 aliphatic carbocycles. The van der Waals surface area contributed by atoms with Crippen LogP contribution in [-0.2, 0) is 20.7 Å². The second-order valence-electron chi connectivity index (χ2n) is 9.99. The summed E-state index contributed by atoms with van der Waals surface area (Å²) in [5.74, 6) is -1.11. The average Bonchev–Trinajstić information content (AvgIpc) is 3.64. The lowest BCUT2D eigenvalue weighted by Gasteiger charge is -2.24. The summed E-state index contributed by atoms with van der Waals surface area (Å²) < 4.78 is 22.5. The van der Waals surface area contributed by atoms with E-state index < -0.39 is 23.7 Å². The summed E-state index contributed by atoms with van der Waals surface area (Å²) in [7, 11) is 0. The minimum Gasteiger partial charge on any atom is -0.507 e. The zero-order chi connectivity index (χ0) is 30.8. The first-order valence-corrected chi connectivity index (χ1v) is 14.8. The third-order valence-electron chi connectivity index (χ3n) is 7.01. The Labute approximate surface area is 253 Å². The Morgan fingerprint density at radius 3 is 2.63 bits per heavy atom. The van der Waals surface area contributed by atoms with Crippen molar-refractivity contribution in [3.05, 3.63) is 81.9 Å². The first kappa shape index (κ1) is 29.8.